The highest BCUT2D eigenvalue weighted by Crippen LogP contribution is 2.18. The summed E-state index contributed by atoms with van der Waals surface area (Å²) in [6.45, 7) is 2.84. The minimum Gasteiger partial charge on any atom is -0.378 e. The third-order valence-corrected chi connectivity index (χ3v) is 4.75. The van der Waals surface area contributed by atoms with Gasteiger partial charge in [-0.25, -0.2) is 9.67 Å². The summed E-state index contributed by atoms with van der Waals surface area (Å²) in [7, 11) is 1.85. The van der Waals surface area contributed by atoms with Crippen LogP contribution in [0.15, 0.2) is 35.3 Å². The fraction of sp³-hybridized carbons (Fsp3) is 0.333. The van der Waals surface area contributed by atoms with Crippen LogP contribution in [0.2, 0.25) is 0 Å². The molecule has 0 spiro atoms. The number of ether oxygens (including phenoxy) is 1. The standard InChI is InChI=1S/C15H18N8OS/c1-21-14(17-11-5-3-2-4-6-11)25-15(20-21)23-12(16)18-13(19-23)22-7-9-24-10-8-22/h2-6H,7-10H2,1H3,(H2,16,18,19). The molecule has 1 fully saturated rings. The van der Waals surface area contributed by atoms with Crippen molar-refractivity contribution >= 4 is 28.9 Å². The van der Waals surface area contributed by atoms with Crippen LogP contribution in [0.4, 0.5) is 17.6 Å². The van der Waals surface area contributed by atoms with E-state index in [-0.39, 0.29) is 0 Å². The molecule has 0 radical (unpaired) electrons. The summed E-state index contributed by atoms with van der Waals surface area (Å²) in [6, 6.07) is 9.75. The van der Waals surface area contributed by atoms with Gasteiger partial charge in [-0.1, -0.05) is 29.5 Å². The number of para-hydroxylation sites is 1. The zero-order chi connectivity index (χ0) is 17.2. The van der Waals surface area contributed by atoms with Gasteiger partial charge in [0, 0.05) is 20.1 Å². The zero-order valence-corrected chi connectivity index (χ0v) is 14.6. The molecule has 1 aromatic carbocycles. The maximum Gasteiger partial charge on any atom is 0.247 e. The van der Waals surface area contributed by atoms with E-state index in [4.69, 9.17) is 10.5 Å². The molecule has 0 bridgehead atoms. The molecule has 0 atom stereocenters. The van der Waals surface area contributed by atoms with Crippen LogP contribution in [0.5, 0.6) is 0 Å². The summed E-state index contributed by atoms with van der Waals surface area (Å²) in [5.41, 5.74) is 6.92. The summed E-state index contributed by atoms with van der Waals surface area (Å²) >= 11 is 1.40. The molecule has 3 heterocycles. The van der Waals surface area contributed by atoms with Crippen LogP contribution >= 0.6 is 11.3 Å². The molecule has 130 valence electrons. The van der Waals surface area contributed by atoms with Crippen molar-refractivity contribution in [2.75, 3.05) is 36.9 Å². The van der Waals surface area contributed by atoms with E-state index >= 15 is 0 Å². The van der Waals surface area contributed by atoms with Crippen molar-refractivity contribution in [2.45, 2.75) is 0 Å². The second kappa shape index (κ2) is 6.65. The lowest BCUT2D eigenvalue weighted by Crippen LogP contribution is -2.37. The van der Waals surface area contributed by atoms with Crippen LogP contribution in [0, 0.1) is 0 Å². The molecule has 25 heavy (non-hydrogen) atoms. The Labute approximate surface area is 148 Å². The van der Waals surface area contributed by atoms with Crippen molar-refractivity contribution in [3.8, 4) is 5.13 Å². The fourth-order valence-corrected chi connectivity index (χ4v) is 3.36. The average Bonchev–Trinajstić information content (AvgIpc) is 3.20. The number of aryl methyl sites for hydroxylation is 1. The number of aromatic nitrogens is 5. The number of anilines is 2. The third kappa shape index (κ3) is 3.26. The highest BCUT2D eigenvalue weighted by atomic mass is 32.1. The molecule has 0 unspecified atom stereocenters. The zero-order valence-electron chi connectivity index (χ0n) is 13.7. The largest absolute Gasteiger partial charge is 0.378 e. The predicted molar refractivity (Wildman–Crippen MR) is 95.1 cm³/mol. The van der Waals surface area contributed by atoms with Crippen molar-refractivity contribution in [1.29, 1.82) is 0 Å². The van der Waals surface area contributed by atoms with Gasteiger partial charge in [0.1, 0.15) is 0 Å². The second-order valence-corrected chi connectivity index (χ2v) is 6.45. The molecule has 0 saturated carbocycles. The van der Waals surface area contributed by atoms with Crippen LogP contribution in [0.1, 0.15) is 0 Å². The number of hydrogen-bond donors (Lipinski definition) is 1. The van der Waals surface area contributed by atoms with Crippen molar-refractivity contribution in [1.82, 2.24) is 24.5 Å². The van der Waals surface area contributed by atoms with Crippen molar-refractivity contribution in [3.63, 3.8) is 0 Å². The highest BCUT2D eigenvalue weighted by Gasteiger charge is 2.19. The van der Waals surface area contributed by atoms with Gasteiger partial charge >= 0.3 is 0 Å². The first-order valence-electron chi connectivity index (χ1n) is 7.90. The number of nitrogens with zero attached hydrogens (tertiary/aromatic N) is 7. The lowest BCUT2D eigenvalue weighted by molar-refractivity contribution is 0.122. The van der Waals surface area contributed by atoms with E-state index in [0.29, 0.717) is 30.2 Å². The monoisotopic (exact) mass is 358 g/mol. The number of benzene rings is 1. The Bertz CT molecular complexity index is 923. The Kier molecular flexibility index (Phi) is 4.20. The summed E-state index contributed by atoms with van der Waals surface area (Å²) < 4.78 is 8.62. The van der Waals surface area contributed by atoms with Gasteiger partial charge in [0.2, 0.25) is 21.8 Å². The van der Waals surface area contributed by atoms with Gasteiger partial charge in [-0.3, -0.25) is 0 Å². The van der Waals surface area contributed by atoms with Gasteiger partial charge in [0.25, 0.3) is 0 Å². The first kappa shape index (κ1) is 15.8. The van der Waals surface area contributed by atoms with E-state index in [9.17, 15) is 0 Å². The Morgan fingerprint density at radius 3 is 2.68 bits per heavy atom. The highest BCUT2D eigenvalue weighted by molar-refractivity contribution is 7.11. The maximum absolute atomic E-state index is 6.05. The minimum absolute atomic E-state index is 0.308. The predicted octanol–water partition coefficient (Wildman–Crippen LogP) is 0.713. The van der Waals surface area contributed by atoms with E-state index in [1.807, 2.05) is 37.4 Å². The van der Waals surface area contributed by atoms with E-state index < -0.39 is 0 Å². The Morgan fingerprint density at radius 2 is 1.92 bits per heavy atom. The lowest BCUT2D eigenvalue weighted by atomic mass is 10.3. The van der Waals surface area contributed by atoms with Crippen LogP contribution in [0.25, 0.3) is 5.13 Å². The van der Waals surface area contributed by atoms with Gasteiger partial charge in [0.05, 0.1) is 18.9 Å². The molecule has 2 N–H and O–H groups in total. The number of nitrogen functional groups attached to an aromatic ring is 1. The molecule has 3 aromatic rings. The SMILES string of the molecule is Cn1nc(-n2nc(N3CCOCC3)nc2N)sc1=Nc1ccccc1. The number of morpholine rings is 1. The maximum atomic E-state index is 6.05. The van der Waals surface area contributed by atoms with Gasteiger partial charge in [0.15, 0.2) is 0 Å². The summed E-state index contributed by atoms with van der Waals surface area (Å²) in [6.07, 6.45) is 0. The molecule has 0 amide bonds. The van der Waals surface area contributed by atoms with Gasteiger partial charge in [-0.2, -0.15) is 9.67 Å². The van der Waals surface area contributed by atoms with Gasteiger partial charge in [-0.15, -0.1) is 10.2 Å². The molecule has 1 aliphatic heterocycles. The second-order valence-electron chi connectivity index (χ2n) is 5.52. The van der Waals surface area contributed by atoms with E-state index in [1.165, 1.54) is 11.3 Å². The molecule has 1 aliphatic rings. The molecular formula is C15H18N8OS. The number of rotatable bonds is 3. The first-order valence-corrected chi connectivity index (χ1v) is 8.72. The van der Waals surface area contributed by atoms with Crippen molar-refractivity contribution in [2.24, 2.45) is 12.0 Å². The Balaban J connectivity index is 1.68. The first-order chi connectivity index (χ1) is 12.2. The molecule has 9 nitrogen and oxygen atoms in total. The van der Waals surface area contributed by atoms with Crippen molar-refractivity contribution < 1.29 is 4.74 Å². The smallest absolute Gasteiger partial charge is 0.247 e. The summed E-state index contributed by atoms with van der Waals surface area (Å²) in [5, 5.41) is 9.61. The molecule has 10 heteroatoms. The van der Waals surface area contributed by atoms with Crippen LogP contribution in [-0.2, 0) is 11.8 Å². The number of nitrogens with two attached hydrogens (primary N) is 1. The van der Waals surface area contributed by atoms with E-state index in [2.05, 4.69) is 25.1 Å². The quantitative estimate of drug-likeness (QED) is 0.740. The molecule has 1 saturated heterocycles. The molecular weight excluding hydrogens is 340 g/mol. The van der Waals surface area contributed by atoms with E-state index in [0.717, 1.165) is 23.6 Å². The molecule has 4 rings (SSSR count). The topological polar surface area (TPSA) is 99.4 Å². The minimum atomic E-state index is 0.308. The summed E-state index contributed by atoms with van der Waals surface area (Å²) in [4.78, 5) is 11.8. The fourth-order valence-electron chi connectivity index (χ4n) is 2.48. The van der Waals surface area contributed by atoms with Gasteiger partial charge in [-0.05, 0) is 12.1 Å². The van der Waals surface area contributed by atoms with Gasteiger partial charge < -0.3 is 15.4 Å². The van der Waals surface area contributed by atoms with Crippen molar-refractivity contribution in [3.05, 3.63) is 35.1 Å². The third-order valence-electron chi connectivity index (χ3n) is 3.77. The van der Waals surface area contributed by atoms with Crippen LogP contribution in [0.3, 0.4) is 0 Å². The molecule has 0 aliphatic carbocycles. The van der Waals surface area contributed by atoms with Crippen LogP contribution in [-0.4, -0.2) is 50.8 Å². The van der Waals surface area contributed by atoms with Crippen LogP contribution < -0.4 is 15.4 Å². The Morgan fingerprint density at radius 1 is 1.16 bits per heavy atom. The molecule has 2 aromatic heterocycles. The summed E-state index contributed by atoms with van der Waals surface area (Å²) in [5.74, 6) is 0.905. The normalized spacial score (nSPS) is 15.7. The van der Waals surface area contributed by atoms with E-state index in [1.54, 1.807) is 9.36 Å². The number of hydrogen-bond acceptors (Lipinski definition) is 8. The average molecular weight is 358 g/mol. The lowest BCUT2D eigenvalue weighted by Gasteiger charge is -2.25. The Hall–Kier alpha value is -2.72.